The molecule has 1 saturated heterocycles. The first kappa shape index (κ1) is 18.1. The molecule has 0 N–H and O–H groups in total. The normalized spacial score (nSPS) is 23.9. The molecule has 1 spiro atoms. The topological polar surface area (TPSA) is 46.5 Å². The SMILES string of the molecule is CC(C)N1CCC2(CC1)Oc1ccccc1[C@@H]1CC(c3ccc4c(c3)OCO4)=NN12. The number of likely N-dealkylation sites (tertiary alicyclic amines) is 1. The number of hydrogen-bond donors (Lipinski definition) is 0. The molecule has 0 amide bonds. The fourth-order valence-electron chi connectivity index (χ4n) is 5.20. The highest BCUT2D eigenvalue weighted by Crippen LogP contribution is 2.50. The van der Waals surface area contributed by atoms with Crippen molar-refractivity contribution in [3.05, 3.63) is 53.6 Å². The molecule has 1 atom stereocenters. The predicted molar refractivity (Wildman–Crippen MR) is 114 cm³/mol. The Bertz CT molecular complexity index is 1010. The molecular weight excluding hydrogens is 378 g/mol. The maximum atomic E-state index is 6.71. The van der Waals surface area contributed by atoms with Crippen LogP contribution >= 0.6 is 0 Å². The molecule has 2 aromatic rings. The van der Waals surface area contributed by atoms with Gasteiger partial charge < -0.3 is 19.1 Å². The molecule has 0 bridgehead atoms. The molecule has 6 nitrogen and oxygen atoms in total. The van der Waals surface area contributed by atoms with E-state index >= 15 is 0 Å². The number of fused-ring (bicyclic) bond motifs is 5. The van der Waals surface area contributed by atoms with Gasteiger partial charge in [0.05, 0.1) is 11.8 Å². The van der Waals surface area contributed by atoms with E-state index in [9.17, 15) is 0 Å². The van der Waals surface area contributed by atoms with Crippen LogP contribution in [0.5, 0.6) is 17.2 Å². The summed E-state index contributed by atoms with van der Waals surface area (Å²) in [5.41, 5.74) is 3.04. The van der Waals surface area contributed by atoms with Crippen LogP contribution in [0.15, 0.2) is 47.6 Å². The number of rotatable bonds is 2. The summed E-state index contributed by atoms with van der Waals surface area (Å²) in [5.74, 6) is 2.62. The van der Waals surface area contributed by atoms with Crippen molar-refractivity contribution in [2.45, 2.75) is 50.9 Å². The smallest absolute Gasteiger partial charge is 0.231 e. The number of ether oxygens (including phenoxy) is 3. The van der Waals surface area contributed by atoms with Crippen LogP contribution < -0.4 is 14.2 Å². The van der Waals surface area contributed by atoms with Crippen LogP contribution in [0.2, 0.25) is 0 Å². The fourth-order valence-corrected chi connectivity index (χ4v) is 5.20. The second-order valence-electron chi connectivity index (χ2n) is 8.90. The van der Waals surface area contributed by atoms with Crippen LogP contribution in [-0.4, -0.2) is 47.3 Å². The highest BCUT2D eigenvalue weighted by molar-refractivity contribution is 6.02. The van der Waals surface area contributed by atoms with Gasteiger partial charge in [-0.05, 0) is 38.1 Å². The van der Waals surface area contributed by atoms with Gasteiger partial charge in [-0.1, -0.05) is 18.2 Å². The summed E-state index contributed by atoms with van der Waals surface area (Å²) in [6.07, 6.45) is 2.78. The van der Waals surface area contributed by atoms with E-state index in [1.54, 1.807) is 0 Å². The average Bonchev–Trinajstić information content (AvgIpc) is 3.41. The lowest BCUT2D eigenvalue weighted by Gasteiger charge is -2.51. The summed E-state index contributed by atoms with van der Waals surface area (Å²) in [6, 6.07) is 15.4. The minimum Gasteiger partial charge on any atom is -0.466 e. The second-order valence-corrected chi connectivity index (χ2v) is 8.90. The number of para-hydroxylation sites is 1. The summed E-state index contributed by atoms with van der Waals surface area (Å²) in [5, 5.41) is 7.43. The summed E-state index contributed by atoms with van der Waals surface area (Å²) < 4.78 is 17.8. The summed E-state index contributed by atoms with van der Waals surface area (Å²) in [6.45, 7) is 6.87. The van der Waals surface area contributed by atoms with E-state index in [4.69, 9.17) is 19.3 Å². The monoisotopic (exact) mass is 405 g/mol. The number of hydrazone groups is 1. The maximum Gasteiger partial charge on any atom is 0.231 e. The third-order valence-electron chi connectivity index (χ3n) is 6.92. The van der Waals surface area contributed by atoms with E-state index in [1.165, 1.54) is 5.56 Å². The highest BCUT2D eigenvalue weighted by atomic mass is 16.7. The van der Waals surface area contributed by atoms with Gasteiger partial charge in [-0.15, -0.1) is 0 Å². The van der Waals surface area contributed by atoms with Crippen molar-refractivity contribution in [3.8, 4) is 17.2 Å². The Hall–Kier alpha value is -2.73. The van der Waals surface area contributed by atoms with Crippen molar-refractivity contribution in [2.75, 3.05) is 19.9 Å². The standard InChI is InChI=1S/C24H27N3O3/c1-16(2)26-11-9-24(10-12-26)27-20(18-5-3-4-6-21(18)30-24)14-19(25-27)17-7-8-22-23(13-17)29-15-28-22/h3-8,13,16,20H,9-12,14-15H2,1-2H3/t20-/m0/s1. The van der Waals surface area contributed by atoms with Gasteiger partial charge in [-0.3, -0.25) is 0 Å². The van der Waals surface area contributed by atoms with Crippen molar-refractivity contribution in [1.29, 1.82) is 0 Å². The lowest BCUT2D eigenvalue weighted by atomic mass is 9.90. The summed E-state index contributed by atoms with van der Waals surface area (Å²) in [4.78, 5) is 2.53. The molecular formula is C24H27N3O3. The molecule has 1 fully saturated rings. The largest absolute Gasteiger partial charge is 0.466 e. The van der Waals surface area contributed by atoms with Gasteiger partial charge in [0.1, 0.15) is 5.75 Å². The van der Waals surface area contributed by atoms with Crippen LogP contribution in [0.1, 0.15) is 50.3 Å². The van der Waals surface area contributed by atoms with E-state index in [1.807, 2.05) is 6.07 Å². The van der Waals surface area contributed by atoms with Gasteiger partial charge in [-0.25, -0.2) is 5.01 Å². The van der Waals surface area contributed by atoms with Gasteiger partial charge in [0, 0.05) is 49.5 Å². The van der Waals surface area contributed by atoms with Gasteiger partial charge in [-0.2, -0.15) is 5.10 Å². The first-order valence-electron chi connectivity index (χ1n) is 10.9. The molecule has 4 aliphatic rings. The van der Waals surface area contributed by atoms with Gasteiger partial charge in [0.25, 0.3) is 0 Å². The van der Waals surface area contributed by atoms with Crippen LogP contribution in [0.25, 0.3) is 0 Å². The Kier molecular flexibility index (Phi) is 4.00. The van der Waals surface area contributed by atoms with Crippen LogP contribution in [0, 0.1) is 0 Å². The van der Waals surface area contributed by atoms with Gasteiger partial charge >= 0.3 is 0 Å². The van der Waals surface area contributed by atoms with Crippen LogP contribution in [0.4, 0.5) is 0 Å². The minimum atomic E-state index is -0.373. The van der Waals surface area contributed by atoms with E-state index in [0.717, 1.165) is 60.9 Å². The van der Waals surface area contributed by atoms with Crippen molar-refractivity contribution in [2.24, 2.45) is 5.10 Å². The molecule has 0 unspecified atom stereocenters. The molecule has 6 rings (SSSR count). The minimum absolute atomic E-state index is 0.209. The predicted octanol–water partition coefficient (Wildman–Crippen LogP) is 4.16. The van der Waals surface area contributed by atoms with Crippen molar-refractivity contribution < 1.29 is 14.2 Å². The maximum absolute atomic E-state index is 6.71. The Balaban J connectivity index is 1.38. The Labute approximate surface area is 177 Å². The summed E-state index contributed by atoms with van der Waals surface area (Å²) in [7, 11) is 0. The average molecular weight is 405 g/mol. The highest BCUT2D eigenvalue weighted by Gasteiger charge is 2.51. The van der Waals surface area contributed by atoms with Crippen molar-refractivity contribution in [1.82, 2.24) is 9.91 Å². The molecule has 0 aliphatic carbocycles. The second kappa shape index (κ2) is 6.64. The molecule has 0 radical (unpaired) electrons. The number of hydrogen-bond acceptors (Lipinski definition) is 6. The number of benzene rings is 2. The molecule has 4 heterocycles. The van der Waals surface area contributed by atoms with Crippen LogP contribution in [0.3, 0.4) is 0 Å². The third-order valence-corrected chi connectivity index (χ3v) is 6.92. The van der Waals surface area contributed by atoms with E-state index < -0.39 is 0 Å². The van der Waals surface area contributed by atoms with Gasteiger partial charge in [0.15, 0.2) is 11.5 Å². The lowest BCUT2D eigenvalue weighted by molar-refractivity contribution is -0.152. The Morgan fingerprint density at radius 1 is 1.00 bits per heavy atom. The van der Waals surface area contributed by atoms with Crippen molar-refractivity contribution >= 4 is 5.71 Å². The zero-order valence-corrected chi connectivity index (χ0v) is 17.5. The quantitative estimate of drug-likeness (QED) is 0.751. The van der Waals surface area contributed by atoms with E-state index in [2.05, 4.69) is 60.2 Å². The van der Waals surface area contributed by atoms with E-state index in [0.29, 0.717) is 6.04 Å². The molecule has 4 aliphatic heterocycles. The molecule has 2 aromatic carbocycles. The molecule has 156 valence electrons. The molecule has 0 saturated carbocycles. The van der Waals surface area contributed by atoms with Crippen LogP contribution in [-0.2, 0) is 0 Å². The number of piperidine rings is 1. The molecule has 30 heavy (non-hydrogen) atoms. The first-order valence-corrected chi connectivity index (χ1v) is 10.9. The van der Waals surface area contributed by atoms with E-state index in [-0.39, 0.29) is 18.6 Å². The molecule has 6 heteroatoms. The zero-order valence-electron chi connectivity index (χ0n) is 17.5. The van der Waals surface area contributed by atoms with Gasteiger partial charge in [0.2, 0.25) is 12.5 Å². The zero-order chi connectivity index (χ0) is 20.3. The Morgan fingerprint density at radius 3 is 2.63 bits per heavy atom. The lowest BCUT2D eigenvalue weighted by Crippen LogP contribution is -2.59. The fraction of sp³-hybridized carbons (Fsp3) is 0.458. The molecule has 0 aromatic heterocycles. The van der Waals surface area contributed by atoms with Crippen molar-refractivity contribution in [3.63, 3.8) is 0 Å². The number of nitrogens with zero attached hydrogens (tertiary/aromatic N) is 3. The Morgan fingerprint density at radius 2 is 1.80 bits per heavy atom. The summed E-state index contributed by atoms with van der Waals surface area (Å²) >= 11 is 0. The third kappa shape index (κ3) is 2.70. The first-order chi connectivity index (χ1) is 14.6.